The van der Waals surface area contributed by atoms with Crippen LogP contribution < -0.4 is 9.80 Å². The zero-order valence-corrected chi connectivity index (χ0v) is 16.6. The first-order valence-corrected chi connectivity index (χ1v) is 9.45. The van der Waals surface area contributed by atoms with E-state index in [1.807, 2.05) is 26.8 Å². The summed E-state index contributed by atoms with van der Waals surface area (Å²) in [5.74, 6) is 2.28. The Bertz CT molecular complexity index is 635. The summed E-state index contributed by atoms with van der Waals surface area (Å²) in [5.41, 5.74) is -0.235. The predicted octanol–water partition coefficient (Wildman–Crippen LogP) is 2.37. The standard InChI is InChI=1S/C18H28ClN5O2/c1-14(26-18(2,3)4)22-5-7-23(8-6-22)16-13-15(19)20-17(21-16)24-9-11-25-12-10-24/h13H,1,5-12H2,2-4H3. The lowest BCUT2D eigenvalue weighted by Crippen LogP contribution is -2.47. The van der Waals surface area contributed by atoms with Gasteiger partial charge in [-0.25, -0.2) is 4.98 Å². The van der Waals surface area contributed by atoms with Gasteiger partial charge in [-0.15, -0.1) is 0 Å². The maximum absolute atomic E-state index is 6.26. The topological polar surface area (TPSA) is 54.0 Å². The van der Waals surface area contributed by atoms with E-state index in [1.165, 1.54) is 0 Å². The second-order valence-electron chi connectivity index (χ2n) is 7.53. The van der Waals surface area contributed by atoms with Crippen molar-refractivity contribution in [1.29, 1.82) is 0 Å². The first-order valence-electron chi connectivity index (χ1n) is 9.07. The van der Waals surface area contributed by atoms with Crippen molar-refractivity contribution in [2.45, 2.75) is 26.4 Å². The van der Waals surface area contributed by atoms with E-state index in [9.17, 15) is 0 Å². The number of halogens is 1. The summed E-state index contributed by atoms with van der Waals surface area (Å²) in [6.07, 6.45) is 0. The molecule has 0 N–H and O–H groups in total. The summed E-state index contributed by atoms with van der Waals surface area (Å²) >= 11 is 6.26. The van der Waals surface area contributed by atoms with E-state index in [0.29, 0.717) is 24.3 Å². The molecule has 0 aromatic carbocycles. The molecule has 0 amide bonds. The van der Waals surface area contributed by atoms with E-state index >= 15 is 0 Å². The maximum Gasteiger partial charge on any atom is 0.228 e. The molecule has 2 saturated heterocycles. The normalized spacial score (nSPS) is 18.8. The molecule has 0 saturated carbocycles. The van der Waals surface area contributed by atoms with Crippen molar-refractivity contribution in [3.8, 4) is 0 Å². The quantitative estimate of drug-likeness (QED) is 0.586. The Morgan fingerprint density at radius 2 is 1.73 bits per heavy atom. The third kappa shape index (κ3) is 4.92. The zero-order valence-electron chi connectivity index (χ0n) is 15.9. The van der Waals surface area contributed by atoms with E-state index in [4.69, 9.17) is 26.1 Å². The molecule has 0 bridgehead atoms. The fraction of sp³-hybridized carbons (Fsp3) is 0.667. The third-order valence-corrected chi connectivity index (χ3v) is 4.54. The number of rotatable bonds is 4. The van der Waals surface area contributed by atoms with Crippen LogP contribution in [-0.4, -0.2) is 73.0 Å². The summed E-state index contributed by atoms with van der Waals surface area (Å²) in [4.78, 5) is 15.7. The second kappa shape index (κ2) is 7.88. The third-order valence-electron chi connectivity index (χ3n) is 4.34. The number of aromatic nitrogens is 2. The molecule has 0 radical (unpaired) electrons. The van der Waals surface area contributed by atoms with Crippen LogP contribution in [0.4, 0.5) is 11.8 Å². The number of anilines is 2. The van der Waals surface area contributed by atoms with Gasteiger partial charge >= 0.3 is 0 Å². The van der Waals surface area contributed by atoms with Gasteiger partial charge in [-0.05, 0) is 27.4 Å². The highest BCUT2D eigenvalue weighted by atomic mass is 35.5. The van der Waals surface area contributed by atoms with Crippen molar-refractivity contribution in [2.24, 2.45) is 0 Å². The fourth-order valence-corrected chi connectivity index (χ4v) is 3.24. The van der Waals surface area contributed by atoms with Crippen LogP contribution in [0.3, 0.4) is 0 Å². The molecule has 0 spiro atoms. The highest BCUT2D eigenvalue weighted by Gasteiger charge is 2.24. The summed E-state index contributed by atoms with van der Waals surface area (Å²) in [6.45, 7) is 16.5. The lowest BCUT2D eigenvalue weighted by Gasteiger charge is -2.39. The number of hydrogen-bond acceptors (Lipinski definition) is 7. The maximum atomic E-state index is 6.26. The summed E-state index contributed by atoms with van der Waals surface area (Å²) < 4.78 is 11.3. The minimum Gasteiger partial charge on any atom is -0.474 e. The Hall–Kier alpha value is -1.73. The van der Waals surface area contributed by atoms with Crippen molar-refractivity contribution < 1.29 is 9.47 Å². The molecule has 1 aromatic rings. The molecule has 144 valence electrons. The highest BCUT2D eigenvalue weighted by molar-refractivity contribution is 6.29. The van der Waals surface area contributed by atoms with Gasteiger partial charge in [-0.1, -0.05) is 11.6 Å². The van der Waals surface area contributed by atoms with Gasteiger partial charge in [0.05, 0.1) is 13.2 Å². The molecule has 2 fully saturated rings. The van der Waals surface area contributed by atoms with E-state index in [0.717, 1.165) is 51.0 Å². The first kappa shape index (κ1) is 19.0. The highest BCUT2D eigenvalue weighted by Crippen LogP contribution is 2.24. The molecule has 3 rings (SSSR count). The molecule has 3 heterocycles. The molecule has 7 nitrogen and oxygen atoms in total. The number of morpholine rings is 1. The van der Waals surface area contributed by atoms with Crippen LogP contribution in [0.2, 0.25) is 5.15 Å². The van der Waals surface area contributed by atoms with Crippen molar-refractivity contribution in [1.82, 2.24) is 14.9 Å². The molecule has 26 heavy (non-hydrogen) atoms. The van der Waals surface area contributed by atoms with Crippen LogP contribution >= 0.6 is 11.6 Å². The van der Waals surface area contributed by atoms with E-state index in [1.54, 1.807) is 0 Å². The molecule has 8 heteroatoms. The lowest BCUT2D eigenvalue weighted by molar-refractivity contribution is 0.00164. The van der Waals surface area contributed by atoms with Gasteiger partial charge in [-0.3, -0.25) is 0 Å². The SMILES string of the molecule is C=C(OC(C)(C)C)N1CCN(c2cc(Cl)nc(N3CCOCC3)n2)CC1. The Morgan fingerprint density at radius 3 is 2.35 bits per heavy atom. The van der Waals surface area contributed by atoms with Crippen molar-refractivity contribution in [3.05, 3.63) is 23.7 Å². The molecule has 1 aromatic heterocycles. The first-order chi connectivity index (χ1) is 12.3. The van der Waals surface area contributed by atoms with Gasteiger partial charge in [0.25, 0.3) is 0 Å². The van der Waals surface area contributed by atoms with Crippen molar-refractivity contribution in [3.63, 3.8) is 0 Å². The summed E-state index contributed by atoms with van der Waals surface area (Å²) in [6, 6.07) is 1.83. The number of hydrogen-bond donors (Lipinski definition) is 0. The van der Waals surface area contributed by atoms with Gasteiger partial charge in [-0.2, -0.15) is 4.98 Å². The second-order valence-corrected chi connectivity index (χ2v) is 7.92. The van der Waals surface area contributed by atoms with Crippen molar-refractivity contribution >= 4 is 23.4 Å². The van der Waals surface area contributed by atoms with Crippen LogP contribution in [0.1, 0.15) is 20.8 Å². The van der Waals surface area contributed by atoms with Gasteiger partial charge in [0.1, 0.15) is 16.6 Å². The van der Waals surface area contributed by atoms with Crippen LogP contribution in [-0.2, 0) is 9.47 Å². The van der Waals surface area contributed by atoms with Gasteiger partial charge in [0, 0.05) is 45.3 Å². The van der Waals surface area contributed by atoms with Crippen LogP contribution in [0, 0.1) is 0 Å². The Kier molecular flexibility index (Phi) is 5.77. The lowest BCUT2D eigenvalue weighted by atomic mass is 10.2. The molecule has 0 unspecified atom stereocenters. The molecular formula is C18H28ClN5O2. The van der Waals surface area contributed by atoms with Crippen molar-refractivity contribution in [2.75, 3.05) is 62.3 Å². The fourth-order valence-electron chi connectivity index (χ4n) is 3.06. The van der Waals surface area contributed by atoms with Crippen LogP contribution in [0.25, 0.3) is 0 Å². The molecule has 2 aliphatic rings. The average molecular weight is 382 g/mol. The van der Waals surface area contributed by atoms with Gasteiger partial charge < -0.3 is 24.2 Å². The van der Waals surface area contributed by atoms with E-state index in [2.05, 4.69) is 26.3 Å². The molecular weight excluding hydrogens is 354 g/mol. The average Bonchev–Trinajstić information content (AvgIpc) is 2.61. The Morgan fingerprint density at radius 1 is 1.08 bits per heavy atom. The minimum absolute atomic E-state index is 0.235. The number of piperazine rings is 1. The molecule has 0 aliphatic carbocycles. The van der Waals surface area contributed by atoms with Gasteiger partial charge in [0.2, 0.25) is 5.95 Å². The summed E-state index contributed by atoms with van der Waals surface area (Å²) in [5, 5.41) is 0.472. The van der Waals surface area contributed by atoms with Crippen LogP contribution in [0.15, 0.2) is 18.5 Å². The molecule has 2 aliphatic heterocycles. The number of nitrogens with zero attached hydrogens (tertiary/aromatic N) is 5. The number of ether oxygens (including phenoxy) is 2. The largest absolute Gasteiger partial charge is 0.474 e. The van der Waals surface area contributed by atoms with E-state index < -0.39 is 0 Å². The predicted molar refractivity (Wildman–Crippen MR) is 104 cm³/mol. The Balaban J connectivity index is 1.64. The van der Waals surface area contributed by atoms with E-state index in [-0.39, 0.29) is 5.60 Å². The van der Waals surface area contributed by atoms with Gasteiger partial charge in [0.15, 0.2) is 5.88 Å². The smallest absolute Gasteiger partial charge is 0.228 e. The van der Waals surface area contributed by atoms with Crippen LogP contribution in [0.5, 0.6) is 0 Å². The molecule has 0 atom stereocenters. The minimum atomic E-state index is -0.235. The zero-order chi connectivity index (χ0) is 18.7. The summed E-state index contributed by atoms with van der Waals surface area (Å²) in [7, 11) is 0. The monoisotopic (exact) mass is 381 g/mol. The Labute approximate surface area is 160 Å².